The van der Waals surface area contributed by atoms with Crippen molar-refractivity contribution in [3.05, 3.63) is 95.1 Å². The van der Waals surface area contributed by atoms with Gasteiger partial charge >= 0.3 is 0 Å². The maximum atomic E-state index is 12.2. The summed E-state index contributed by atoms with van der Waals surface area (Å²) in [5.41, 5.74) is 6.27. The van der Waals surface area contributed by atoms with Crippen LogP contribution in [0.1, 0.15) is 40.4 Å². The molecule has 0 saturated heterocycles. The zero-order valence-corrected chi connectivity index (χ0v) is 17.3. The molecule has 0 atom stereocenters. The zero-order valence-electron chi connectivity index (χ0n) is 17.3. The van der Waals surface area contributed by atoms with Gasteiger partial charge in [0.1, 0.15) is 18.1 Å². The summed E-state index contributed by atoms with van der Waals surface area (Å²) < 4.78 is 11.3. The minimum absolute atomic E-state index is 0.272. The molecule has 3 aromatic rings. The summed E-state index contributed by atoms with van der Waals surface area (Å²) in [5.74, 6) is 1.26. The van der Waals surface area contributed by atoms with Gasteiger partial charge in [-0.05, 0) is 73.0 Å². The third-order valence-corrected chi connectivity index (χ3v) is 4.38. The summed E-state index contributed by atoms with van der Waals surface area (Å²) >= 11 is 0. The molecular weight excluding hydrogens is 376 g/mol. The van der Waals surface area contributed by atoms with Crippen molar-refractivity contribution in [2.75, 3.05) is 6.61 Å². The first-order chi connectivity index (χ1) is 14.6. The fourth-order valence-electron chi connectivity index (χ4n) is 2.65. The van der Waals surface area contributed by atoms with Gasteiger partial charge in [0, 0.05) is 5.56 Å². The molecule has 0 saturated carbocycles. The van der Waals surface area contributed by atoms with Crippen molar-refractivity contribution in [1.29, 1.82) is 0 Å². The second kappa shape index (κ2) is 10.8. The molecule has 1 N–H and O–H groups in total. The van der Waals surface area contributed by atoms with E-state index in [1.54, 1.807) is 30.5 Å². The fraction of sp³-hybridized carbons (Fsp3) is 0.200. The van der Waals surface area contributed by atoms with Crippen molar-refractivity contribution in [3.63, 3.8) is 0 Å². The van der Waals surface area contributed by atoms with Crippen molar-refractivity contribution < 1.29 is 14.3 Å². The lowest BCUT2D eigenvalue weighted by atomic mass is 10.2. The van der Waals surface area contributed by atoms with Gasteiger partial charge in [0.05, 0.1) is 12.8 Å². The molecule has 1 amide bonds. The Bertz CT molecular complexity index is 963. The highest BCUT2D eigenvalue weighted by molar-refractivity contribution is 5.95. The molecule has 30 heavy (non-hydrogen) atoms. The van der Waals surface area contributed by atoms with E-state index in [0.29, 0.717) is 18.8 Å². The van der Waals surface area contributed by atoms with Crippen molar-refractivity contribution >= 4 is 12.1 Å². The molecule has 0 aliphatic heterocycles. The number of aryl methyl sites for hydroxylation is 1. The Morgan fingerprint density at radius 1 is 0.900 bits per heavy atom. The predicted octanol–water partition coefficient (Wildman–Crippen LogP) is 5.13. The number of benzene rings is 3. The Hall–Kier alpha value is -3.60. The number of ether oxygens (including phenoxy) is 2. The lowest BCUT2D eigenvalue weighted by Crippen LogP contribution is -2.17. The van der Waals surface area contributed by atoms with Gasteiger partial charge in [-0.1, -0.05) is 36.8 Å². The summed E-state index contributed by atoms with van der Waals surface area (Å²) in [4.78, 5) is 12.2. The van der Waals surface area contributed by atoms with Gasteiger partial charge in [0.25, 0.3) is 5.91 Å². The van der Waals surface area contributed by atoms with Crippen molar-refractivity contribution in [2.45, 2.75) is 26.9 Å². The van der Waals surface area contributed by atoms with Gasteiger partial charge in [0.2, 0.25) is 0 Å². The molecule has 3 aromatic carbocycles. The van der Waals surface area contributed by atoms with E-state index in [9.17, 15) is 4.79 Å². The molecule has 0 aromatic heterocycles. The van der Waals surface area contributed by atoms with E-state index in [-0.39, 0.29) is 5.91 Å². The van der Waals surface area contributed by atoms with E-state index in [1.165, 1.54) is 5.56 Å². The number of carbonyl (C=O) groups excluding carboxylic acids is 1. The average molecular weight is 402 g/mol. The van der Waals surface area contributed by atoms with Crippen LogP contribution in [-0.2, 0) is 6.61 Å². The molecular formula is C25H26N2O3. The van der Waals surface area contributed by atoms with Crippen LogP contribution in [0.5, 0.6) is 11.5 Å². The summed E-state index contributed by atoms with van der Waals surface area (Å²) in [6.07, 6.45) is 2.54. The number of hydrogen-bond donors (Lipinski definition) is 1. The van der Waals surface area contributed by atoms with Crippen LogP contribution in [0.15, 0.2) is 77.9 Å². The average Bonchev–Trinajstić information content (AvgIpc) is 2.78. The van der Waals surface area contributed by atoms with Crippen molar-refractivity contribution in [3.8, 4) is 11.5 Å². The van der Waals surface area contributed by atoms with Gasteiger partial charge < -0.3 is 9.47 Å². The molecule has 0 radical (unpaired) electrons. The third kappa shape index (κ3) is 6.48. The van der Waals surface area contributed by atoms with Crippen LogP contribution >= 0.6 is 0 Å². The van der Waals surface area contributed by atoms with Crippen LogP contribution in [0.4, 0.5) is 0 Å². The van der Waals surface area contributed by atoms with Crippen molar-refractivity contribution in [2.24, 2.45) is 5.10 Å². The number of rotatable bonds is 9. The Morgan fingerprint density at radius 2 is 1.53 bits per heavy atom. The molecule has 3 rings (SSSR count). The van der Waals surface area contributed by atoms with Gasteiger partial charge in [-0.15, -0.1) is 0 Å². The van der Waals surface area contributed by atoms with Gasteiger partial charge in [-0.3, -0.25) is 4.79 Å². The quantitative estimate of drug-likeness (QED) is 0.399. The Kier molecular flexibility index (Phi) is 7.61. The van der Waals surface area contributed by atoms with E-state index >= 15 is 0 Å². The summed E-state index contributed by atoms with van der Waals surface area (Å²) in [7, 11) is 0. The zero-order chi connectivity index (χ0) is 21.2. The third-order valence-electron chi connectivity index (χ3n) is 4.38. The highest BCUT2D eigenvalue weighted by Gasteiger charge is 2.04. The topological polar surface area (TPSA) is 59.9 Å². The maximum Gasteiger partial charge on any atom is 0.271 e. The molecule has 0 aliphatic carbocycles. The number of carbonyl (C=O) groups is 1. The van der Waals surface area contributed by atoms with Crippen LogP contribution in [0, 0.1) is 6.92 Å². The molecule has 0 heterocycles. The Labute approximate surface area is 177 Å². The molecule has 0 bridgehead atoms. The van der Waals surface area contributed by atoms with E-state index in [2.05, 4.69) is 41.7 Å². The number of hydrogen-bond acceptors (Lipinski definition) is 4. The summed E-state index contributed by atoms with van der Waals surface area (Å²) in [5, 5.41) is 4.02. The Balaban J connectivity index is 1.47. The monoisotopic (exact) mass is 402 g/mol. The summed E-state index contributed by atoms with van der Waals surface area (Å²) in [6, 6.07) is 22.8. The standard InChI is InChI=1S/C25H26N2O3/c1-3-16-29-23-14-10-22(11-15-23)25(28)27-26-17-20-8-12-24(13-9-20)30-18-21-6-4-19(2)5-7-21/h4-15,17H,3,16,18H2,1-2H3,(H,27,28). The molecule has 0 unspecified atom stereocenters. The van der Waals surface area contributed by atoms with Crippen molar-refractivity contribution in [1.82, 2.24) is 5.43 Å². The fourth-order valence-corrected chi connectivity index (χ4v) is 2.65. The van der Waals surface area contributed by atoms with Crippen LogP contribution in [0.3, 0.4) is 0 Å². The van der Waals surface area contributed by atoms with E-state index in [0.717, 1.165) is 29.0 Å². The second-order valence-electron chi connectivity index (χ2n) is 6.92. The minimum atomic E-state index is -0.272. The first-order valence-corrected chi connectivity index (χ1v) is 9.98. The lowest BCUT2D eigenvalue weighted by molar-refractivity contribution is 0.0955. The smallest absolute Gasteiger partial charge is 0.271 e. The predicted molar refractivity (Wildman–Crippen MR) is 119 cm³/mol. The highest BCUT2D eigenvalue weighted by atomic mass is 16.5. The van der Waals surface area contributed by atoms with Gasteiger partial charge in [0.15, 0.2) is 0 Å². The summed E-state index contributed by atoms with van der Waals surface area (Å²) in [6.45, 7) is 5.29. The normalized spacial score (nSPS) is 10.7. The van der Waals surface area contributed by atoms with E-state index in [4.69, 9.17) is 9.47 Å². The second-order valence-corrected chi connectivity index (χ2v) is 6.92. The van der Waals surface area contributed by atoms with Crippen LogP contribution < -0.4 is 14.9 Å². The van der Waals surface area contributed by atoms with E-state index in [1.807, 2.05) is 31.2 Å². The molecule has 154 valence electrons. The van der Waals surface area contributed by atoms with E-state index < -0.39 is 0 Å². The van der Waals surface area contributed by atoms with Gasteiger partial charge in [-0.25, -0.2) is 5.43 Å². The number of nitrogens with zero attached hydrogens (tertiary/aromatic N) is 1. The van der Waals surface area contributed by atoms with Gasteiger partial charge in [-0.2, -0.15) is 5.10 Å². The lowest BCUT2D eigenvalue weighted by Gasteiger charge is -2.07. The van der Waals surface area contributed by atoms with Crippen LogP contribution in [0.25, 0.3) is 0 Å². The molecule has 0 fully saturated rings. The molecule has 0 aliphatic rings. The molecule has 0 spiro atoms. The van der Waals surface area contributed by atoms with Crippen LogP contribution in [-0.4, -0.2) is 18.7 Å². The number of hydrazone groups is 1. The Morgan fingerprint density at radius 3 is 2.20 bits per heavy atom. The minimum Gasteiger partial charge on any atom is -0.494 e. The first-order valence-electron chi connectivity index (χ1n) is 9.98. The molecule has 5 heteroatoms. The van der Waals surface area contributed by atoms with Crippen LogP contribution in [0.2, 0.25) is 0 Å². The number of amides is 1. The highest BCUT2D eigenvalue weighted by Crippen LogP contribution is 2.14. The maximum absolute atomic E-state index is 12.2. The number of nitrogens with one attached hydrogen (secondary N) is 1. The largest absolute Gasteiger partial charge is 0.494 e. The SMILES string of the molecule is CCCOc1ccc(C(=O)NN=Cc2ccc(OCc3ccc(C)cc3)cc2)cc1. The molecule has 5 nitrogen and oxygen atoms in total. The first kappa shape index (κ1) is 21.1.